The van der Waals surface area contributed by atoms with E-state index in [-0.39, 0.29) is 5.91 Å². The summed E-state index contributed by atoms with van der Waals surface area (Å²) in [6.07, 6.45) is 3.91. The fourth-order valence-electron chi connectivity index (χ4n) is 2.33. The van der Waals surface area contributed by atoms with Crippen molar-refractivity contribution in [2.24, 2.45) is 0 Å². The Hall–Kier alpha value is -1.01. The predicted molar refractivity (Wildman–Crippen MR) is 87.6 cm³/mol. The Kier molecular flexibility index (Phi) is 5.32. The van der Waals surface area contributed by atoms with Crippen LogP contribution in [0.25, 0.3) is 0 Å². The van der Waals surface area contributed by atoms with Crippen molar-refractivity contribution < 1.29 is 14.7 Å². The first kappa shape index (κ1) is 16.4. The van der Waals surface area contributed by atoms with Crippen molar-refractivity contribution in [2.75, 3.05) is 12.0 Å². The molecule has 1 aromatic carbocycles. The Labute approximate surface area is 136 Å². The van der Waals surface area contributed by atoms with Gasteiger partial charge in [-0.15, -0.1) is 0 Å². The first-order valence-corrected chi connectivity index (χ1v) is 8.97. The maximum atomic E-state index is 12.5. The Morgan fingerprint density at radius 3 is 2.48 bits per heavy atom. The van der Waals surface area contributed by atoms with Gasteiger partial charge in [-0.05, 0) is 49.0 Å². The third-order valence-corrected chi connectivity index (χ3v) is 4.97. The number of thioether (sulfide) groups is 1. The minimum atomic E-state index is -0.969. The fraction of sp³-hybridized carbons (Fsp3) is 0.467. The highest BCUT2D eigenvalue weighted by molar-refractivity contribution is 9.10. The van der Waals surface area contributed by atoms with E-state index in [9.17, 15) is 14.7 Å². The summed E-state index contributed by atoms with van der Waals surface area (Å²) in [5.41, 5.74) is 0.422. The number of aliphatic carboxylic acids is 1. The summed E-state index contributed by atoms with van der Waals surface area (Å²) in [4.78, 5) is 23.7. The van der Waals surface area contributed by atoms with Crippen molar-refractivity contribution in [3.8, 4) is 0 Å². The molecular formula is C15H18BrNO3S. The lowest BCUT2D eigenvalue weighted by molar-refractivity contribution is -0.142. The molecule has 6 heteroatoms. The van der Waals surface area contributed by atoms with Crippen LogP contribution in [-0.4, -0.2) is 35.0 Å². The zero-order chi connectivity index (χ0) is 15.5. The molecule has 1 saturated carbocycles. The van der Waals surface area contributed by atoms with E-state index in [4.69, 9.17) is 0 Å². The van der Waals surface area contributed by atoms with E-state index in [1.807, 2.05) is 30.5 Å². The largest absolute Gasteiger partial charge is 0.480 e. The summed E-state index contributed by atoms with van der Waals surface area (Å²) < 4.78 is 0.964. The Bertz CT molecular complexity index is 528. The highest BCUT2D eigenvalue weighted by Crippen LogP contribution is 2.48. The molecule has 0 spiro atoms. The third kappa shape index (κ3) is 3.80. The number of carboxylic acids is 1. The second-order valence-electron chi connectivity index (χ2n) is 5.23. The highest BCUT2D eigenvalue weighted by Gasteiger charge is 2.51. The number of amides is 1. The fourth-order valence-corrected chi connectivity index (χ4v) is 3.07. The highest BCUT2D eigenvalue weighted by atomic mass is 79.9. The number of hydrogen-bond acceptors (Lipinski definition) is 3. The Morgan fingerprint density at radius 1 is 1.38 bits per heavy atom. The van der Waals surface area contributed by atoms with Crippen molar-refractivity contribution in [3.63, 3.8) is 0 Å². The van der Waals surface area contributed by atoms with Crippen LogP contribution in [0.2, 0.25) is 0 Å². The average Bonchev–Trinajstić information content (AvgIpc) is 3.25. The number of halogens is 1. The molecule has 114 valence electrons. The van der Waals surface area contributed by atoms with E-state index in [1.165, 1.54) is 0 Å². The van der Waals surface area contributed by atoms with Gasteiger partial charge in [-0.25, -0.2) is 4.79 Å². The van der Waals surface area contributed by atoms with Gasteiger partial charge in [-0.3, -0.25) is 4.79 Å². The third-order valence-electron chi connectivity index (χ3n) is 3.80. The number of carbonyl (C=O) groups excluding carboxylic acids is 1. The van der Waals surface area contributed by atoms with E-state index >= 15 is 0 Å². The van der Waals surface area contributed by atoms with Gasteiger partial charge in [0.1, 0.15) is 6.04 Å². The molecule has 0 radical (unpaired) electrons. The molecule has 0 bridgehead atoms. The van der Waals surface area contributed by atoms with Gasteiger partial charge in [0.25, 0.3) is 0 Å². The van der Waals surface area contributed by atoms with Gasteiger partial charge in [0.15, 0.2) is 0 Å². The van der Waals surface area contributed by atoms with E-state index in [1.54, 1.807) is 11.8 Å². The number of rotatable bonds is 7. The summed E-state index contributed by atoms with van der Waals surface area (Å²) in [6.45, 7) is 0. The number of benzene rings is 1. The smallest absolute Gasteiger partial charge is 0.326 e. The predicted octanol–water partition coefficient (Wildman–Crippen LogP) is 2.80. The molecule has 0 saturated heterocycles. The first-order chi connectivity index (χ1) is 9.99. The zero-order valence-electron chi connectivity index (χ0n) is 11.8. The van der Waals surface area contributed by atoms with E-state index in [0.29, 0.717) is 12.2 Å². The quantitative estimate of drug-likeness (QED) is 0.773. The molecule has 1 aliphatic rings. The van der Waals surface area contributed by atoms with Crippen LogP contribution in [0, 0.1) is 0 Å². The zero-order valence-corrected chi connectivity index (χ0v) is 14.2. The van der Waals surface area contributed by atoms with Crippen molar-refractivity contribution in [1.82, 2.24) is 5.32 Å². The van der Waals surface area contributed by atoms with Crippen LogP contribution in [0.5, 0.6) is 0 Å². The summed E-state index contributed by atoms with van der Waals surface area (Å²) in [5.74, 6) is -0.426. The molecule has 2 N–H and O–H groups in total. The monoisotopic (exact) mass is 371 g/mol. The van der Waals surface area contributed by atoms with Gasteiger partial charge in [0.05, 0.1) is 5.41 Å². The van der Waals surface area contributed by atoms with Crippen LogP contribution in [0.3, 0.4) is 0 Å². The lowest BCUT2D eigenvalue weighted by Crippen LogP contribution is -2.45. The van der Waals surface area contributed by atoms with E-state index in [2.05, 4.69) is 21.2 Å². The minimum Gasteiger partial charge on any atom is -0.480 e. The van der Waals surface area contributed by atoms with Crippen LogP contribution in [0.4, 0.5) is 0 Å². The maximum Gasteiger partial charge on any atom is 0.326 e. The summed E-state index contributed by atoms with van der Waals surface area (Å²) in [6, 6.07) is 6.86. The van der Waals surface area contributed by atoms with Gasteiger partial charge in [-0.2, -0.15) is 11.8 Å². The molecule has 4 nitrogen and oxygen atoms in total. The summed E-state index contributed by atoms with van der Waals surface area (Å²) in [5, 5.41) is 11.9. The molecule has 0 heterocycles. The normalized spacial score (nSPS) is 17.0. The van der Waals surface area contributed by atoms with Crippen LogP contribution in [0.15, 0.2) is 28.7 Å². The molecule has 1 amide bonds. The number of hydrogen-bond donors (Lipinski definition) is 2. The van der Waals surface area contributed by atoms with Crippen molar-refractivity contribution in [2.45, 2.75) is 30.7 Å². The summed E-state index contributed by atoms with van der Waals surface area (Å²) in [7, 11) is 0. The van der Waals surface area contributed by atoms with Crippen molar-refractivity contribution in [1.29, 1.82) is 0 Å². The van der Waals surface area contributed by atoms with Gasteiger partial charge in [0, 0.05) is 4.47 Å². The first-order valence-electron chi connectivity index (χ1n) is 6.78. The second-order valence-corrected chi connectivity index (χ2v) is 7.14. The molecule has 1 fully saturated rings. The van der Waals surface area contributed by atoms with Gasteiger partial charge in [0.2, 0.25) is 5.91 Å². The second kappa shape index (κ2) is 6.83. The number of nitrogens with one attached hydrogen (secondary N) is 1. The molecule has 1 aromatic rings. The van der Waals surface area contributed by atoms with Gasteiger partial charge in [-0.1, -0.05) is 28.1 Å². The molecular weight excluding hydrogens is 354 g/mol. The standard InChI is InChI=1S/C15H18BrNO3S/c1-21-9-6-12(13(18)19)17-14(20)15(7-8-15)10-2-4-11(16)5-3-10/h2-5,12H,6-9H2,1H3,(H,17,20)(H,18,19)/t12-/m0/s1. The molecule has 2 rings (SSSR count). The Morgan fingerprint density at radius 2 is 2.00 bits per heavy atom. The molecule has 21 heavy (non-hydrogen) atoms. The van der Waals surface area contributed by atoms with Crippen LogP contribution >= 0.6 is 27.7 Å². The molecule has 1 atom stereocenters. The maximum absolute atomic E-state index is 12.5. The number of carboxylic acid groups (broad SMARTS) is 1. The number of carbonyl (C=O) groups is 2. The SMILES string of the molecule is CSCC[C@H](NC(=O)C1(c2ccc(Br)cc2)CC1)C(=O)O. The van der Waals surface area contributed by atoms with Gasteiger partial charge >= 0.3 is 5.97 Å². The molecule has 0 aromatic heterocycles. The lowest BCUT2D eigenvalue weighted by atomic mass is 9.94. The average molecular weight is 372 g/mol. The molecule has 0 unspecified atom stereocenters. The molecule has 1 aliphatic carbocycles. The Balaban J connectivity index is 2.08. The van der Waals surface area contributed by atoms with Crippen LogP contribution in [-0.2, 0) is 15.0 Å². The van der Waals surface area contributed by atoms with Crippen molar-refractivity contribution in [3.05, 3.63) is 34.3 Å². The lowest BCUT2D eigenvalue weighted by Gasteiger charge is -2.20. The summed E-state index contributed by atoms with van der Waals surface area (Å²) >= 11 is 4.95. The minimum absolute atomic E-state index is 0.168. The van der Waals surface area contributed by atoms with Crippen LogP contribution in [0.1, 0.15) is 24.8 Å². The van der Waals surface area contributed by atoms with Crippen LogP contribution < -0.4 is 5.32 Å². The van der Waals surface area contributed by atoms with Crippen molar-refractivity contribution >= 4 is 39.6 Å². The van der Waals surface area contributed by atoms with E-state index < -0.39 is 17.4 Å². The van der Waals surface area contributed by atoms with Gasteiger partial charge < -0.3 is 10.4 Å². The topological polar surface area (TPSA) is 66.4 Å². The van der Waals surface area contributed by atoms with E-state index in [0.717, 1.165) is 22.9 Å². The molecule has 0 aliphatic heterocycles.